The first-order valence-electron chi connectivity index (χ1n) is 6.68. The molecule has 1 aromatic heterocycles. The molecule has 1 amide bonds. The molecular formula is C15H18ClN3O. The third-order valence-corrected chi connectivity index (χ3v) is 3.43. The molecule has 1 unspecified atom stereocenters. The van der Waals surface area contributed by atoms with E-state index < -0.39 is 0 Å². The van der Waals surface area contributed by atoms with Crippen LogP contribution in [0.1, 0.15) is 13.8 Å². The minimum Gasteiger partial charge on any atom is -0.325 e. The van der Waals surface area contributed by atoms with E-state index >= 15 is 0 Å². The quantitative estimate of drug-likeness (QED) is 0.890. The Morgan fingerprint density at radius 3 is 2.95 bits per heavy atom. The molecule has 0 radical (unpaired) electrons. The number of hydrogen-bond donors (Lipinski definition) is 2. The fourth-order valence-corrected chi connectivity index (χ4v) is 2.17. The number of nitrogens with zero attached hydrogens (tertiary/aromatic N) is 1. The van der Waals surface area contributed by atoms with Gasteiger partial charge in [0.2, 0.25) is 5.91 Å². The van der Waals surface area contributed by atoms with Crippen molar-refractivity contribution in [1.29, 1.82) is 0 Å². The molecule has 2 rings (SSSR count). The molecule has 4 nitrogen and oxygen atoms in total. The van der Waals surface area contributed by atoms with E-state index in [-0.39, 0.29) is 11.8 Å². The third kappa shape index (κ3) is 3.26. The minimum absolute atomic E-state index is 0.0153. The Hall–Kier alpha value is -1.65. The summed E-state index contributed by atoms with van der Waals surface area (Å²) in [6, 6.07) is 7.29. The molecule has 2 aromatic rings. The van der Waals surface area contributed by atoms with Crippen molar-refractivity contribution in [2.45, 2.75) is 13.8 Å². The molecule has 0 aliphatic heterocycles. The predicted octanol–water partition coefficient (Wildman–Crippen LogP) is 3.07. The highest BCUT2D eigenvalue weighted by molar-refractivity contribution is 6.35. The average Bonchev–Trinajstić information content (AvgIpc) is 2.47. The van der Waals surface area contributed by atoms with Gasteiger partial charge in [-0.3, -0.25) is 9.78 Å². The van der Waals surface area contributed by atoms with Gasteiger partial charge in [0.1, 0.15) is 0 Å². The van der Waals surface area contributed by atoms with Crippen LogP contribution in [0.5, 0.6) is 0 Å². The van der Waals surface area contributed by atoms with E-state index in [1.54, 1.807) is 12.3 Å². The lowest BCUT2D eigenvalue weighted by Crippen LogP contribution is -2.30. The molecule has 0 saturated heterocycles. The molecule has 0 spiro atoms. The van der Waals surface area contributed by atoms with Crippen molar-refractivity contribution in [3.8, 4) is 0 Å². The van der Waals surface area contributed by atoms with E-state index in [1.807, 2.05) is 32.0 Å². The number of hydrogen-bond acceptors (Lipinski definition) is 3. The van der Waals surface area contributed by atoms with Crippen LogP contribution >= 0.6 is 11.6 Å². The summed E-state index contributed by atoms with van der Waals surface area (Å²) in [6.07, 6.45) is 1.69. The minimum atomic E-state index is -0.0997. The largest absolute Gasteiger partial charge is 0.325 e. The summed E-state index contributed by atoms with van der Waals surface area (Å²) in [4.78, 5) is 16.4. The smallest absolute Gasteiger partial charge is 0.228 e. The number of aromatic nitrogens is 1. The number of benzene rings is 1. The molecule has 20 heavy (non-hydrogen) atoms. The highest BCUT2D eigenvalue weighted by Crippen LogP contribution is 2.28. The fraction of sp³-hybridized carbons (Fsp3) is 0.333. The van der Waals surface area contributed by atoms with Gasteiger partial charge < -0.3 is 10.6 Å². The first-order chi connectivity index (χ1) is 9.63. The van der Waals surface area contributed by atoms with Crippen LogP contribution in [0.25, 0.3) is 10.9 Å². The van der Waals surface area contributed by atoms with Gasteiger partial charge in [-0.05, 0) is 30.8 Å². The summed E-state index contributed by atoms with van der Waals surface area (Å²) >= 11 is 6.11. The van der Waals surface area contributed by atoms with Gasteiger partial charge in [-0.25, -0.2) is 0 Å². The first kappa shape index (κ1) is 14.8. The summed E-state index contributed by atoms with van der Waals surface area (Å²) in [5.74, 6) is -0.115. The van der Waals surface area contributed by atoms with E-state index in [9.17, 15) is 4.79 Å². The van der Waals surface area contributed by atoms with Crippen molar-refractivity contribution >= 4 is 34.1 Å². The molecule has 1 heterocycles. The SMILES string of the molecule is CCNCC(C)C(=O)Nc1ccc(Cl)c2ncccc12. The molecule has 2 N–H and O–H groups in total. The molecule has 106 valence electrons. The van der Waals surface area contributed by atoms with Crippen molar-refractivity contribution < 1.29 is 4.79 Å². The van der Waals surface area contributed by atoms with Crippen LogP contribution in [0.4, 0.5) is 5.69 Å². The van der Waals surface area contributed by atoms with Gasteiger partial charge in [-0.15, -0.1) is 0 Å². The topological polar surface area (TPSA) is 54.0 Å². The Kier molecular flexibility index (Phi) is 4.93. The predicted molar refractivity (Wildman–Crippen MR) is 83.1 cm³/mol. The maximum atomic E-state index is 12.1. The zero-order valence-corrected chi connectivity index (χ0v) is 12.4. The van der Waals surface area contributed by atoms with Crippen LogP contribution in [0, 0.1) is 5.92 Å². The van der Waals surface area contributed by atoms with Crippen LogP contribution in [0.2, 0.25) is 5.02 Å². The highest BCUT2D eigenvalue weighted by Gasteiger charge is 2.14. The van der Waals surface area contributed by atoms with Gasteiger partial charge in [-0.2, -0.15) is 0 Å². The van der Waals surface area contributed by atoms with Crippen molar-refractivity contribution in [1.82, 2.24) is 10.3 Å². The zero-order valence-electron chi connectivity index (χ0n) is 11.6. The van der Waals surface area contributed by atoms with Crippen molar-refractivity contribution in [2.24, 2.45) is 5.92 Å². The van der Waals surface area contributed by atoms with Crippen molar-refractivity contribution in [2.75, 3.05) is 18.4 Å². The zero-order chi connectivity index (χ0) is 14.5. The second-order valence-corrected chi connectivity index (χ2v) is 5.10. The molecule has 1 aromatic carbocycles. The summed E-state index contributed by atoms with van der Waals surface area (Å²) in [6.45, 7) is 5.43. The third-order valence-electron chi connectivity index (χ3n) is 3.13. The molecule has 5 heteroatoms. The Morgan fingerprint density at radius 1 is 1.40 bits per heavy atom. The summed E-state index contributed by atoms with van der Waals surface area (Å²) in [5.41, 5.74) is 1.44. The van der Waals surface area contributed by atoms with Crippen LogP contribution in [0.15, 0.2) is 30.5 Å². The number of carbonyl (C=O) groups is 1. The summed E-state index contributed by atoms with van der Waals surface area (Å²) in [7, 11) is 0. The number of pyridine rings is 1. The van der Waals surface area contributed by atoms with Gasteiger partial charge in [0.15, 0.2) is 0 Å². The highest BCUT2D eigenvalue weighted by atomic mass is 35.5. The van der Waals surface area contributed by atoms with E-state index in [0.29, 0.717) is 17.1 Å². The summed E-state index contributed by atoms with van der Waals surface area (Å²) in [5, 5.41) is 7.54. The van der Waals surface area contributed by atoms with Crippen LogP contribution in [-0.4, -0.2) is 24.0 Å². The van der Waals surface area contributed by atoms with Gasteiger partial charge in [0, 0.05) is 24.0 Å². The van der Waals surface area contributed by atoms with Crippen molar-refractivity contribution in [3.63, 3.8) is 0 Å². The second kappa shape index (κ2) is 6.68. The normalized spacial score (nSPS) is 12.3. The monoisotopic (exact) mass is 291 g/mol. The van der Waals surface area contributed by atoms with Crippen molar-refractivity contribution in [3.05, 3.63) is 35.5 Å². The number of fused-ring (bicyclic) bond motifs is 1. The molecule has 0 bridgehead atoms. The Balaban J connectivity index is 2.22. The fourth-order valence-electron chi connectivity index (χ4n) is 1.96. The Labute approximate surface area is 123 Å². The maximum Gasteiger partial charge on any atom is 0.228 e. The lowest BCUT2D eigenvalue weighted by molar-refractivity contribution is -0.119. The van der Waals surface area contributed by atoms with E-state index in [1.165, 1.54) is 0 Å². The number of anilines is 1. The van der Waals surface area contributed by atoms with E-state index in [0.717, 1.165) is 17.6 Å². The number of amides is 1. The van der Waals surface area contributed by atoms with E-state index in [2.05, 4.69) is 15.6 Å². The lowest BCUT2D eigenvalue weighted by atomic mass is 10.1. The van der Waals surface area contributed by atoms with Crippen LogP contribution in [-0.2, 0) is 4.79 Å². The summed E-state index contributed by atoms with van der Waals surface area (Å²) < 4.78 is 0. The standard InChI is InChI=1S/C15H18ClN3O/c1-3-17-9-10(2)15(20)19-13-7-6-12(16)14-11(13)5-4-8-18-14/h4-8,10,17H,3,9H2,1-2H3,(H,19,20). The maximum absolute atomic E-state index is 12.1. The van der Waals surface area contributed by atoms with Gasteiger partial charge in [-0.1, -0.05) is 25.4 Å². The van der Waals surface area contributed by atoms with Gasteiger partial charge in [0.25, 0.3) is 0 Å². The number of nitrogens with one attached hydrogen (secondary N) is 2. The van der Waals surface area contributed by atoms with Crippen LogP contribution in [0.3, 0.4) is 0 Å². The number of halogens is 1. The molecular weight excluding hydrogens is 274 g/mol. The second-order valence-electron chi connectivity index (χ2n) is 4.69. The number of carbonyl (C=O) groups excluding carboxylic acids is 1. The lowest BCUT2D eigenvalue weighted by Gasteiger charge is -2.14. The van der Waals surface area contributed by atoms with Crippen LogP contribution < -0.4 is 10.6 Å². The van der Waals surface area contributed by atoms with E-state index in [4.69, 9.17) is 11.6 Å². The molecule has 0 aliphatic rings. The first-order valence-corrected chi connectivity index (χ1v) is 7.06. The molecule has 0 aliphatic carbocycles. The average molecular weight is 292 g/mol. The Morgan fingerprint density at radius 2 is 2.20 bits per heavy atom. The Bertz CT molecular complexity index is 615. The van der Waals surface area contributed by atoms with Gasteiger partial charge in [0.05, 0.1) is 16.2 Å². The molecule has 1 atom stereocenters. The molecule has 0 saturated carbocycles. The van der Waals surface area contributed by atoms with Gasteiger partial charge >= 0.3 is 0 Å². The number of rotatable bonds is 5. The molecule has 0 fully saturated rings.